The molecule has 1 aromatic rings. The number of nitrogens with zero attached hydrogens (tertiary/aromatic N) is 1. The Morgan fingerprint density at radius 2 is 1.95 bits per heavy atom. The lowest BCUT2D eigenvalue weighted by Gasteiger charge is -2.18. The van der Waals surface area contributed by atoms with E-state index in [1.807, 2.05) is 0 Å². The summed E-state index contributed by atoms with van der Waals surface area (Å²) in [4.78, 5) is 0. The highest BCUT2D eigenvalue weighted by Crippen LogP contribution is 2.32. The summed E-state index contributed by atoms with van der Waals surface area (Å²) in [6, 6.07) is 2.26. The molecular weight excluding hydrogens is 326 g/mol. The van der Waals surface area contributed by atoms with Gasteiger partial charge in [-0.15, -0.1) is 0 Å². The number of nitrogens with one attached hydrogen (secondary N) is 1. The monoisotopic (exact) mass is 342 g/mol. The lowest BCUT2D eigenvalue weighted by atomic mass is 10.1. The van der Waals surface area contributed by atoms with Gasteiger partial charge in [-0.05, 0) is 19.1 Å². The average molecular weight is 343 g/mol. The van der Waals surface area contributed by atoms with E-state index in [4.69, 9.17) is 23.2 Å². The smallest absolute Gasteiger partial charge is 0.214 e. The van der Waals surface area contributed by atoms with Crippen molar-refractivity contribution < 1.29 is 12.8 Å². The molecule has 0 fully saturated rings. The topological polar surface area (TPSA) is 49.4 Å². The largest absolute Gasteiger partial charge is 0.309 e. The van der Waals surface area contributed by atoms with Crippen LogP contribution in [0.5, 0.6) is 0 Å². The molecule has 0 aliphatic heterocycles. The van der Waals surface area contributed by atoms with Crippen LogP contribution in [0.2, 0.25) is 10.0 Å². The molecule has 0 heterocycles. The fourth-order valence-electron chi connectivity index (χ4n) is 1.63. The molecule has 0 aliphatic rings. The van der Waals surface area contributed by atoms with E-state index in [1.165, 1.54) is 26.2 Å². The summed E-state index contributed by atoms with van der Waals surface area (Å²) < 4.78 is 37.8. The van der Waals surface area contributed by atoms with E-state index >= 15 is 0 Å². The van der Waals surface area contributed by atoms with Gasteiger partial charge in [0.2, 0.25) is 10.0 Å². The van der Waals surface area contributed by atoms with Crippen LogP contribution in [0, 0.1) is 5.82 Å². The third kappa shape index (κ3) is 4.30. The summed E-state index contributed by atoms with van der Waals surface area (Å²) in [6.07, 6.45) is 0. The Balaban J connectivity index is 2.74. The first-order valence-corrected chi connectivity index (χ1v) is 8.30. The highest BCUT2D eigenvalue weighted by molar-refractivity contribution is 7.89. The van der Waals surface area contributed by atoms with Crippen molar-refractivity contribution in [2.45, 2.75) is 13.0 Å². The van der Waals surface area contributed by atoms with E-state index in [9.17, 15) is 12.8 Å². The zero-order chi connectivity index (χ0) is 15.5. The number of rotatable bonds is 6. The Morgan fingerprint density at radius 3 is 2.50 bits per heavy atom. The minimum Gasteiger partial charge on any atom is -0.309 e. The van der Waals surface area contributed by atoms with Crippen molar-refractivity contribution in [2.24, 2.45) is 0 Å². The Hall–Kier alpha value is -0.400. The molecule has 0 radical (unpaired) electrons. The molecule has 0 spiro atoms. The van der Waals surface area contributed by atoms with Gasteiger partial charge < -0.3 is 5.32 Å². The summed E-state index contributed by atoms with van der Waals surface area (Å²) in [7, 11) is -0.331. The summed E-state index contributed by atoms with van der Waals surface area (Å²) in [5, 5.41) is 3.27. The number of halogens is 3. The van der Waals surface area contributed by atoms with Gasteiger partial charge in [0, 0.05) is 37.3 Å². The van der Waals surface area contributed by atoms with Gasteiger partial charge in [0.15, 0.2) is 0 Å². The Bertz CT molecular complexity index is 579. The van der Waals surface area contributed by atoms with E-state index in [0.717, 1.165) is 4.31 Å². The average Bonchev–Trinajstić information content (AvgIpc) is 2.34. The Kier molecular flexibility index (Phi) is 6.22. The fourth-order valence-corrected chi connectivity index (χ4v) is 3.07. The molecule has 114 valence electrons. The van der Waals surface area contributed by atoms with Gasteiger partial charge in [0.1, 0.15) is 5.82 Å². The van der Waals surface area contributed by atoms with E-state index in [0.29, 0.717) is 10.6 Å². The van der Waals surface area contributed by atoms with Crippen molar-refractivity contribution in [2.75, 3.05) is 26.4 Å². The van der Waals surface area contributed by atoms with E-state index in [-0.39, 0.29) is 23.4 Å². The first-order valence-electron chi connectivity index (χ1n) is 5.93. The molecule has 0 saturated heterocycles. The maximum atomic E-state index is 13.4. The molecule has 1 unspecified atom stereocenters. The van der Waals surface area contributed by atoms with Crippen molar-refractivity contribution in [3.05, 3.63) is 33.6 Å². The zero-order valence-electron chi connectivity index (χ0n) is 11.5. The predicted octanol–water partition coefficient (Wildman–Crippen LogP) is 2.67. The molecule has 1 N–H and O–H groups in total. The second kappa shape index (κ2) is 7.04. The van der Waals surface area contributed by atoms with Crippen LogP contribution in [0.3, 0.4) is 0 Å². The highest BCUT2D eigenvalue weighted by atomic mass is 35.5. The van der Waals surface area contributed by atoms with Crippen LogP contribution in [0.1, 0.15) is 18.5 Å². The molecule has 1 aromatic carbocycles. The number of hydrogen-bond acceptors (Lipinski definition) is 3. The van der Waals surface area contributed by atoms with Crippen molar-refractivity contribution in [3.8, 4) is 0 Å². The molecular formula is C12H17Cl2FN2O2S. The molecule has 8 heteroatoms. The summed E-state index contributed by atoms with van der Waals surface area (Å²) >= 11 is 11.9. The van der Waals surface area contributed by atoms with Crippen LogP contribution in [-0.4, -0.2) is 39.1 Å². The van der Waals surface area contributed by atoms with Gasteiger partial charge in [-0.3, -0.25) is 0 Å². The van der Waals surface area contributed by atoms with Gasteiger partial charge in [0.05, 0.1) is 10.8 Å². The van der Waals surface area contributed by atoms with Crippen LogP contribution in [0.4, 0.5) is 4.39 Å². The molecule has 4 nitrogen and oxygen atoms in total. The van der Waals surface area contributed by atoms with Crippen molar-refractivity contribution in [3.63, 3.8) is 0 Å². The van der Waals surface area contributed by atoms with Crippen molar-refractivity contribution >= 4 is 33.2 Å². The third-order valence-electron chi connectivity index (χ3n) is 2.88. The van der Waals surface area contributed by atoms with Crippen LogP contribution in [0.15, 0.2) is 12.1 Å². The Labute approximate surface area is 128 Å². The normalized spacial score (nSPS) is 13.8. The standard InChI is InChI=1S/C12H17Cl2FN2O2S/c1-8(16-6-7-20(18,19)17(2)3)11-9(13)4-5-10(15)12(11)14/h4-5,8,16H,6-7H2,1-3H3. The molecule has 1 atom stereocenters. The summed E-state index contributed by atoms with van der Waals surface area (Å²) in [5.41, 5.74) is 0.426. The lowest BCUT2D eigenvalue weighted by molar-refractivity contribution is 0.512. The van der Waals surface area contributed by atoms with E-state index in [2.05, 4.69) is 5.32 Å². The van der Waals surface area contributed by atoms with Crippen molar-refractivity contribution in [1.82, 2.24) is 9.62 Å². The first kappa shape index (κ1) is 17.7. The SMILES string of the molecule is CC(NCCS(=O)(=O)N(C)C)c1c(Cl)ccc(F)c1Cl. The van der Waals surface area contributed by atoms with Crippen molar-refractivity contribution in [1.29, 1.82) is 0 Å². The minimum absolute atomic E-state index is 0.0482. The van der Waals surface area contributed by atoms with Crippen LogP contribution in [0.25, 0.3) is 0 Å². The first-order chi connectivity index (χ1) is 9.16. The molecule has 1 rings (SSSR count). The van der Waals surface area contributed by atoms with Crippen LogP contribution >= 0.6 is 23.2 Å². The second-order valence-corrected chi connectivity index (χ2v) is 7.62. The van der Waals surface area contributed by atoms with Gasteiger partial charge in [0.25, 0.3) is 0 Å². The molecule has 0 amide bonds. The molecule has 0 saturated carbocycles. The van der Waals surface area contributed by atoms with Gasteiger partial charge in [-0.1, -0.05) is 23.2 Å². The Morgan fingerprint density at radius 1 is 1.35 bits per heavy atom. The van der Waals surface area contributed by atoms with Gasteiger partial charge in [-0.2, -0.15) is 0 Å². The second-order valence-electron chi connectivity index (χ2n) is 4.53. The maximum Gasteiger partial charge on any atom is 0.214 e. The predicted molar refractivity (Wildman–Crippen MR) is 80.3 cm³/mol. The summed E-state index contributed by atoms with van der Waals surface area (Å²) in [6.45, 7) is 1.96. The van der Waals surface area contributed by atoms with Crippen LogP contribution in [-0.2, 0) is 10.0 Å². The zero-order valence-corrected chi connectivity index (χ0v) is 13.8. The molecule has 20 heavy (non-hydrogen) atoms. The number of benzene rings is 1. The fraction of sp³-hybridized carbons (Fsp3) is 0.500. The third-order valence-corrected chi connectivity index (χ3v) is 5.43. The highest BCUT2D eigenvalue weighted by Gasteiger charge is 2.18. The number of hydrogen-bond donors (Lipinski definition) is 1. The van der Waals surface area contributed by atoms with Crippen LogP contribution < -0.4 is 5.32 Å². The number of sulfonamides is 1. The molecule has 0 aromatic heterocycles. The van der Waals surface area contributed by atoms with Gasteiger partial charge in [-0.25, -0.2) is 17.1 Å². The molecule has 0 bridgehead atoms. The molecule has 0 aliphatic carbocycles. The summed E-state index contributed by atoms with van der Waals surface area (Å²) in [5.74, 6) is -0.616. The quantitative estimate of drug-likeness (QED) is 0.808. The van der Waals surface area contributed by atoms with Gasteiger partial charge >= 0.3 is 0 Å². The van der Waals surface area contributed by atoms with E-state index < -0.39 is 15.8 Å². The minimum atomic E-state index is -3.27. The maximum absolute atomic E-state index is 13.4. The lowest BCUT2D eigenvalue weighted by Crippen LogP contribution is -2.32. The van der Waals surface area contributed by atoms with E-state index in [1.54, 1.807) is 6.92 Å².